The highest BCUT2D eigenvalue weighted by Gasteiger charge is 2.20. The van der Waals surface area contributed by atoms with Crippen molar-refractivity contribution in [3.05, 3.63) is 0 Å². The molecule has 1 atom stereocenters. The molecule has 0 bridgehead atoms. The molecule has 0 rings (SSSR count). The van der Waals surface area contributed by atoms with Crippen LogP contribution in [-0.2, 0) is 9.59 Å². The predicted octanol–water partition coefficient (Wildman–Crippen LogP) is 2.53. The summed E-state index contributed by atoms with van der Waals surface area (Å²) in [4.78, 5) is 22.5. The fraction of sp³-hybridized carbons (Fsp3) is 0.846. The first-order valence-corrected chi connectivity index (χ1v) is 7.72. The van der Waals surface area contributed by atoms with Crippen LogP contribution in [0.3, 0.4) is 0 Å². The summed E-state index contributed by atoms with van der Waals surface area (Å²) in [6, 6.07) is -0.752. The lowest BCUT2D eigenvalue weighted by Gasteiger charge is -2.16. The number of amides is 1. The first-order valence-electron chi connectivity index (χ1n) is 6.57. The maximum absolute atomic E-state index is 11.6. The van der Waals surface area contributed by atoms with Crippen LogP contribution in [0.15, 0.2) is 0 Å². The van der Waals surface area contributed by atoms with E-state index in [0.717, 1.165) is 24.3 Å². The summed E-state index contributed by atoms with van der Waals surface area (Å²) in [5, 5.41) is 11.6. The monoisotopic (exact) mass is 275 g/mol. The van der Waals surface area contributed by atoms with E-state index in [1.165, 1.54) is 0 Å². The molecule has 0 spiro atoms. The number of carbonyl (C=O) groups is 2. The molecule has 0 unspecified atom stereocenters. The molecule has 1 amide bonds. The third-order valence-corrected chi connectivity index (χ3v) is 3.53. The molecule has 0 fully saturated rings. The van der Waals surface area contributed by atoms with Gasteiger partial charge in [-0.05, 0) is 24.5 Å². The Bertz CT molecular complexity index is 257. The fourth-order valence-corrected chi connectivity index (χ4v) is 2.50. The van der Waals surface area contributed by atoms with Gasteiger partial charge in [-0.25, -0.2) is 4.79 Å². The maximum atomic E-state index is 11.6. The Labute approximate surface area is 114 Å². The van der Waals surface area contributed by atoms with E-state index in [1.807, 2.05) is 13.8 Å². The summed E-state index contributed by atoms with van der Waals surface area (Å²) in [6.07, 6.45) is 3.20. The van der Waals surface area contributed by atoms with Gasteiger partial charge in [0.05, 0.1) is 0 Å². The van der Waals surface area contributed by atoms with E-state index in [9.17, 15) is 9.59 Å². The number of thioether (sulfide) groups is 1. The first kappa shape index (κ1) is 17.3. The van der Waals surface area contributed by atoms with Crippen molar-refractivity contribution in [1.82, 2.24) is 5.32 Å². The number of rotatable bonds is 10. The normalized spacial score (nSPS) is 12.4. The van der Waals surface area contributed by atoms with Gasteiger partial charge in [0.2, 0.25) is 5.91 Å². The number of carboxylic acids is 1. The van der Waals surface area contributed by atoms with Gasteiger partial charge in [-0.3, -0.25) is 4.79 Å². The number of carbonyl (C=O) groups excluding carboxylic acids is 1. The third kappa shape index (κ3) is 9.33. The van der Waals surface area contributed by atoms with Gasteiger partial charge >= 0.3 is 5.97 Å². The Kier molecular flexibility index (Phi) is 9.83. The summed E-state index contributed by atoms with van der Waals surface area (Å²) in [6.45, 7) is 6.03. The highest BCUT2D eigenvalue weighted by atomic mass is 32.2. The molecule has 4 nitrogen and oxygen atoms in total. The predicted molar refractivity (Wildman–Crippen MR) is 75.9 cm³/mol. The number of unbranched alkanes of at least 4 members (excludes halogenated alkanes) is 1. The maximum Gasteiger partial charge on any atom is 0.326 e. The van der Waals surface area contributed by atoms with Crippen LogP contribution in [0.5, 0.6) is 0 Å². The van der Waals surface area contributed by atoms with Crippen LogP contribution in [0.4, 0.5) is 0 Å². The van der Waals surface area contributed by atoms with Crippen LogP contribution < -0.4 is 5.32 Å². The van der Waals surface area contributed by atoms with Crippen LogP contribution in [0.2, 0.25) is 0 Å². The molecule has 0 aliphatic heterocycles. The van der Waals surface area contributed by atoms with E-state index in [1.54, 1.807) is 11.8 Å². The van der Waals surface area contributed by atoms with Crippen LogP contribution in [0.25, 0.3) is 0 Å². The standard InChI is InChI=1S/C13H25NO3S/c1-4-5-7-18-8-6-12(15)14-11(13(16)17)9-10(2)3/h10-11H,4-9H2,1-3H3,(H,14,15)(H,16,17)/t11-/m0/s1. The van der Waals surface area contributed by atoms with Crippen LogP contribution in [-0.4, -0.2) is 34.5 Å². The van der Waals surface area contributed by atoms with Crippen molar-refractivity contribution in [2.45, 2.75) is 52.5 Å². The molecule has 2 N–H and O–H groups in total. The molecule has 0 aromatic rings. The van der Waals surface area contributed by atoms with Crippen LogP contribution in [0, 0.1) is 5.92 Å². The van der Waals surface area contributed by atoms with E-state index < -0.39 is 12.0 Å². The molecule has 0 heterocycles. The van der Waals surface area contributed by atoms with Gasteiger partial charge in [0.15, 0.2) is 0 Å². The quantitative estimate of drug-likeness (QED) is 0.601. The summed E-state index contributed by atoms with van der Waals surface area (Å²) in [5.41, 5.74) is 0. The molecule has 18 heavy (non-hydrogen) atoms. The van der Waals surface area contributed by atoms with Gasteiger partial charge in [0.1, 0.15) is 6.04 Å². The molecule has 0 radical (unpaired) electrons. The molecule has 0 aliphatic carbocycles. The number of hydrogen-bond donors (Lipinski definition) is 2. The minimum absolute atomic E-state index is 0.160. The summed E-state index contributed by atoms with van der Waals surface area (Å²) in [5.74, 6) is 0.978. The fourth-order valence-electron chi connectivity index (χ4n) is 1.47. The van der Waals surface area contributed by atoms with Gasteiger partial charge in [0.25, 0.3) is 0 Å². The zero-order chi connectivity index (χ0) is 14.0. The smallest absolute Gasteiger partial charge is 0.326 e. The third-order valence-electron chi connectivity index (χ3n) is 2.46. The Balaban J connectivity index is 3.85. The molecule has 0 aromatic heterocycles. The largest absolute Gasteiger partial charge is 0.480 e. The van der Waals surface area contributed by atoms with Crippen molar-refractivity contribution >= 4 is 23.6 Å². The van der Waals surface area contributed by atoms with Crippen LogP contribution in [0.1, 0.15) is 46.5 Å². The molecular formula is C13H25NO3S. The highest BCUT2D eigenvalue weighted by Crippen LogP contribution is 2.08. The molecule has 106 valence electrons. The number of carboxylic acid groups (broad SMARTS) is 1. The second kappa shape index (κ2) is 10.2. The molecule has 0 saturated heterocycles. The summed E-state index contributed by atoms with van der Waals surface area (Å²) >= 11 is 1.75. The average Bonchev–Trinajstić information content (AvgIpc) is 2.27. The lowest BCUT2D eigenvalue weighted by atomic mass is 10.0. The molecule has 0 saturated carbocycles. The van der Waals surface area contributed by atoms with Crippen molar-refractivity contribution in [3.8, 4) is 0 Å². The first-order chi connectivity index (χ1) is 8.47. The molecule has 5 heteroatoms. The van der Waals surface area contributed by atoms with Gasteiger partial charge in [0, 0.05) is 12.2 Å². The lowest BCUT2D eigenvalue weighted by Crippen LogP contribution is -2.41. The van der Waals surface area contributed by atoms with Crippen molar-refractivity contribution in [3.63, 3.8) is 0 Å². The molecular weight excluding hydrogens is 250 g/mol. The second-order valence-corrected chi connectivity index (χ2v) is 6.03. The van der Waals surface area contributed by atoms with Crippen molar-refractivity contribution in [2.75, 3.05) is 11.5 Å². The minimum atomic E-state index is -0.948. The minimum Gasteiger partial charge on any atom is -0.480 e. The van der Waals surface area contributed by atoms with Crippen molar-refractivity contribution in [1.29, 1.82) is 0 Å². The van der Waals surface area contributed by atoms with Crippen molar-refractivity contribution < 1.29 is 14.7 Å². The SMILES string of the molecule is CCCCSCCC(=O)N[C@@H](CC(C)C)C(=O)O. The van der Waals surface area contributed by atoms with Gasteiger partial charge in [-0.1, -0.05) is 27.2 Å². The lowest BCUT2D eigenvalue weighted by molar-refractivity contribution is -0.142. The Morgan fingerprint density at radius 3 is 2.44 bits per heavy atom. The topological polar surface area (TPSA) is 66.4 Å². The van der Waals surface area contributed by atoms with Crippen molar-refractivity contribution in [2.24, 2.45) is 5.92 Å². The van der Waals surface area contributed by atoms with E-state index in [4.69, 9.17) is 5.11 Å². The average molecular weight is 275 g/mol. The van der Waals surface area contributed by atoms with Gasteiger partial charge in [-0.15, -0.1) is 0 Å². The number of nitrogens with one attached hydrogen (secondary N) is 1. The molecule has 0 aromatic carbocycles. The summed E-state index contributed by atoms with van der Waals surface area (Å²) < 4.78 is 0. The van der Waals surface area contributed by atoms with Gasteiger partial charge in [-0.2, -0.15) is 11.8 Å². The zero-order valence-corrected chi connectivity index (χ0v) is 12.4. The van der Waals surface area contributed by atoms with Crippen LogP contribution >= 0.6 is 11.8 Å². The second-order valence-electron chi connectivity index (χ2n) is 4.80. The Morgan fingerprint density at radius 2 is 1.94 bits per heavy atom. The van der Waals surface area contributed by atoms with E-state index in [2.05, 4.69) is 12.2 Å². The Hall–Kier alpha value is -0.710. The van der Waals surface area contributed by atoms with E-state index in [0.29, 0.717) is 12.8 Å². The Morgan fingerprint density at radius 1 is 1.28 bits per heavy atom. The zero-order valence-electron chi connectivity index (χ0n) is 11.6. The number of hydrogen-bond acceptors (Lipinski definition) is 3. The summed E-state index contributed by atoms with van der Waals surface area (Å²) in [7, 11) is 0. The van der Waals surface area contributed by atoms with E-state index >= 15 is 0 Å². The number of aliphatic carboxylic acids is 1. The van der Waals surface area contributed by atoms with Gasteiger partial charge < -0.3 is 10.4 Å². The molecule has 0 aliphatic rings. The highest BCUT2D eigenvalue weighted by molar-refractivity contribution is 7.99. The van der Waals surface area contributed by atoms with E-state index in [-0.39, 0.29) is 11.8 Å².